The molecule has 1 fully saturated rings. The van der Waals surface area contributed by atoms with Gasteiger partial charge in [-0.1, -0.05) is 12.1 Å². The number of amides is 1. The Bertz CT molecular complexity index is 801. The van der Waals surface area contributed by atoms with Crippen LogP contribution in [-0.2, 0) is 17.5 Å². The lowest BCUT2D eigenvalue weighted by atomic mass is 9.95. The third-order valence-corrected chi connectivity index (χ3v) is 4.87. The number of ether oxygens (including phenoxy) is 1. The molecule has 28 heavy (non-hydrogen) atoms. The van der Waals surface area contributed by atoms with Gasteiger partial charge in [0.2, 0.25) is 5.91 Å². The summed E-state index contributed by atoms with van der Waals surface area (Å²) in [5.41, 5.74) is 0.196. The largest absolute Gasteiger partial charge is 0.497 e. The quantitative estimate of drug-likeness (QED) is 0.843. The van der Waals surface area contributed by atoms with Crippen LogP contribution in [0.3, 0.4) is 0 Å². The molecule has 1 N–H and O–H groups in total. The fourth-order valence-corrected chi connectivity index (χ4v) is 3.23. The number of nitrogens with one attached hydrogen (secondary N) is 1. The molecule has 1 amide bonds. The molecule has 1 aromatic carbocycles. The molecule has 1 aliphatic rings. The van der Waals surface area contributed by atoms with Crippen molar-refractivity contribution in [3.05, 3.63) is 53.7 Å². The Kier molecular flexibility index (Phi) is 6.06. The topological polar surface area (TPSA) is 54.5 Å². The zero-order valence-corrected chi connectivity index (χ0v) is 15.5. The average Bonchev–Trinajstić information content (AvgIpc) is 2.72. The van der Waals surface area contributed by atoms with E-state index in [0.29, 0.717) is 38.3 Å². The van der Waals surface area contributed by atoms with Crippen molar-refractivity contribution in [1.29, 1.82) is 0 Å². The molecule has 0 radical (unpaired) electrons. The first-order valence-corrected chi connectivity index (χ1v) is 9.05. The van der Waals surface area contributed by atoms with Gasteiger partial charge in [-0.2, -0.15) is 13.2 Å². The lowest BCUT2D eigenvalue weighted by molar-refractivity contribution is -0.137. The van der Waals surface area contributed by atoms with Crippen molar-refractivity contribution in [2.24, 2.45) is 5.92 Å². The fourth-order valence-electron chi connectivity index (χ4n) is 3.23. The summed E-state index contributed by atoms with van der Waals surface area (Å²) < 4.78 is 43.1. The van der Waals surface area contributed by atoms with Crippen LogP contribution in [0.25, 0.3) is 0 Å². The van der Waals surface area contributed by atoms with Gasteiger partial charge in [0.15, 0.2) is 0 Å². The van der Waals surface area contributed by atoms with Crippen LogP contribution in [0.1, 0.15) is 24.0 Å². The Morgan fingerprint density at radius 2 is 2.00 bits per heavy atom. The molecule has 1 aliphatic heterocycles. The number of rotatable bonds is 5. The number of anilines is 1. The predicted molar refractivity (Wildman–Crippen MR) is 99.0 cm³/mol. The summed E-state index contributed by atoms with van der Waals surface area (Å²) in [4.78, 5) is 18.3. The second kappa shape index (κ2) is 8.50. The van der Waals surface area contributed by atoms with Gasteiger partial charge in [0.25, 0.3) is 0 Å². The highest BCUT2D eigenvalue weighted by atomic mass is 19.4. The van der Waals surface area contributed by atoms with Crippen LogP contribution in [0, 0.1) is 5.92 Å². The second-order valence-corrected chi connectivity index (χ2v) is 6.73. The van der Waals surface area contributed by atoms with Crippen LogP contribution in [0.2, 0.25) is 0 Å². The summed E-state index contributed by atoms with van der Waals surface area (Å²) >= 11 is 0. The Balaban J connectivity index is 1.49. The zero-order chi connectivity index (χ0) is 20.1. The molecule has 0 unspecified atom stereocenters. The van der Waals surface area contributed by atoms with Gasteiger partial charge < -0.3 is 15.0 Å². The van der Waals surface area contributed by atoms with E-state index in [9.17, 15) is 18.0 Å². The molecule has 2 heterocycles. The molecule has 150 valence electrons. The number of hydrogen-bond donors (Lipinski definition) is 1. The molecule has 8 heteroatoms. The maximum atomic E-state index is 12.6. The SMILES string of the molecule is COc1cccc(CNC(=O)C2CCN(c3ccc(C(F)(F)F)cn3)CC2)c1. The van der Waals surface area contributed by atoms with E-state index in [1.165, 1.54) is 6.07 Å². The number of carbonyl (C=O) groups excluding carboxylic acids is 1. The van der Waals surface area contributed by atoms with Crippen molar-refractivity contribution in [2.75, 3.05) is 25.1 Å². The van der Waals surface area contributed by atoms with Crippen LogP contribution in [0.5, 0.6) is 5.75 Å². The number of methoxy groups -OCH3 is 1. The minimum atomic E-state index is -4.39. The number of hydrogen-bond acceptors (Lipinski definition) is 4. The van der Waals surface area contributed by atoms with Gasteiger partial charge >= 0.3 is 6.18 Å². The summed E-state index contributed by atoms with van der Waals surface area (Å²) in [5.74, 6) is 1.12. The van der Waals surface area contributed by atoms with Crippen molar-refractivity contribution >= 4 is 11.7 Å². The summed E-state index contributed by atoms with van der Waals surface area (Å²) in [7, 11) is 1.59. The van der Waals surface area contributed by atoms with Gasteiger partial charge in [-0.3, -0.25) is 4.79 Å². The number of carbonyl (C=O) groups is 1. The van der Waals surface area contributed by atoms with Crippen molar-refractivity contribution < 1.29 is 22.7 Å². The first-order chi connectivity index (χ1) is 13.4. The standard InChI is InChI=1S/C20H22F3N3O2/c1-28-17-4-2-3-14(11-17)12-25-19(27)15-7-9-26(10-8-15)18-6-5-16(13-24-18)20(21,22)23/h2-6,11,13,15H,7-10,12H2,1H3,(H,25,27). The summed E-state index contributed by atoms with van der Waals surface area (Å²) in [6.45, 7) is 1.59. The van der Waals surface area contributed by atoms with Crippen LogP contribution < -0.4 is 15.0 Å². The summed E-state index contributed by atoms with van der Waals surface area (Å²) in [6, 6.07) is 9.92. The van der Waals surface area contributed by atoms with E-state index < -0.39 is 11.7 Å². The first kappa shape index (κ1) is 20.0. The smallest absolute Gasteiger partial charge is 0.417 e. The van der Waals surface area contributed by atoms with Crippen LogP contribution in [0.15, 0.2) is 42.6 Å². The second-order valence-electron chi connectivity index (χ2n) is 6.73. The first-order valence-electron chi connectivity index (χ1n) is 9.05. The molecular weight excluding hydrogens is 371 g/mol. The number of nitrogens with zero attached hydrogens (tertiary/aromatic N) is 2. The minimum absolute atomic E-state index is 0.0113. The monoisotopic (exact) mass is 393 g/mol. The van der Waals surface area contributed by atoms with Gasteiger partial charge in [0, 0.05) is 31.7 Å². The van der Waals surface area contributed by atoms with Crippen LogP contribution in [-0.4, -0.2) is 31.1 Å². The van der Waals surface area contributed by atoms with Crippen molar-refractivity contribution in [3.63, 3.8) is 0 Å². The molecule has 0 atom stereocenters. The van der Waals surface area contributed by atoms with Crippen molar-refractivity contribution in [1.82, 2.24) is 10.3 Å². The predicted octanol–water partition coefficient (Wildman–Crippen LogP) is 3.64. The van der Waals surface area contributed by atoms with Gasteiger partial charge in [0.05, 0.1) is 12.7 Å². The molecule has 0 saturated carbocycles. The van der Waals surface area contributed by atoms with Gasteiger partial charge in [-0.15, -0.1) is 0 Å². The van der Waals surface area contributed by atoms with E-state index in [1.807, 2.05) is 29.2 Å². The Labute approximate surface area is 161 Å². The number of pyridine rings is 1. The molecule has 0 bridgehead atoms. The average molecular weight is 393 g/mol. The molecule has 5 nitrogen and oxygen atoms in total. The lowest BCUT2D eigenvalue weighted by Gasteiger charge is -2.32. The number of aromatic nitrogens is 1. The van der Waals surface area contributed by atoms with Crippen molar-refractivity contribution in [2.45, 2.75) is 25.6 Å². The molecule has 0 spiro atoms. The summed E-state index contributed by atoms with van der Waals surface area (Å²) in [6.07, 6.45) is -2.28. The minimum Gasteiger partial charge on any atom is -0.497 e. The molecule has 1 aromatic heterocycles. The Morgan fingerprint density at radius 3 is 2.61 bits per heavy atom. The summed E-state index contributed by atoms with van der Waals surface area (Å²) in [5, 5.41) is 2.95. The highest BCUT2D eigenvalue weighted by Gasteiger charge is 2.31. The highest BCUT2D eigenvalue weighted by molar-refractivity contribution is 5.79. The zero-order valence-electron chi connectivity index (χ0n) is 15.5. The molecule has 1 saturated heterocycles. The lowest BCUT2D eigenvalue weighted by Crippen LogP contribution is -2.40. The maximum Gasteiger partial charge on any atom is 0.417 e. The van der Waals surface area contributed by atoms with Gasteiger partial charge in [0.1, 0.15) is 11.6 Å². The van der Waals surface area contributed by atoms with E-state index in [1.54, 1.807) is 7.11 Å². The molecule has 0 aliphatic carbocycles. The molecular formula is C20H22F3N3O2. The number of alkyl halides is 3. The number of benzene rings is 1. The van der Waals surface area contributed by atoms with Crippen LogP contribution >= 0.6 is 0 Å². The molecule has 2 aromatic rings. The van der Waals surface area contributed by atoms with E-state index in [-0.39, 0.29) is 11.8 Å². The Hall–Kier alpha value is -2.77. The number of halogens is 3. The Morgan fingerprint density at radius 1 is 1.25 bits per heavy atom. The molecule has 3 rings (SSSR count). The van der Waals surface area contributed by atoms with E-state index >= 15 is 0 Å². The van der Waals surface area contributed by atoms with Crippen molar-refractivity contribution in [3.8, 4) is 5.75 Å². The third kappa shape index (κ3) is 4.94. The highest BCUT2D eigenvalue weighted by Crippen LogP contribution is 2.30. The van der Waals surface area contributed by atoms with Gasteiger partial charge in [-0.25, -0.2) is 4.98 Å². The van der Waals surface area contributed by atoms with E-state index in [2.05, 4.69) is 10.3 Å². The van der Waals surface area contributed by atoms with Gasteiger partial charge in [-0.05, 0) is 42.7 Å². The maximum absolute atomic E-state index is 12.6. The van der Waals surface area contributed by atoms with E-state index in [0.717, 1.165) is 23.6 Å². The van der Waals surface area contributed by atoms with E-state index in [4.69, 9.17) is 4.74 Å². The number of piperidine rings is 1. The fraction of sp³-hybridized carbons (Fsp3) is 0.400. The van der Waals surface area contributed by atoms with Crippen LogP contribution in [0.4, 0.5) is 19.0 Å². The third-order valence-electron chi connectivity index (χ3n) is 4.87. The normalized spacial score (nSPS) is 15.4.